The highest BCUT2D eigenvalue weighted by atomic mass is 35.5. The zero-order chi connectivity index (χ0) is 13.0. The molecular formula is C12H16ClNO3S. The summed E-state index contributed by atoms with van der Waals surface area (Å²) in [5, 5.41) is 0. The fourth-order valence-corrected chi connectivity index (χ4v) is 3.50. The van der Waals surface area contributed by atoms with Crippen molar-refractivity contribution in [2.24, 2.45) is 0 Å². The van der Waals surface area contributed by atoms with Gasteiger partial charge in [-0.05, 0) is 24.1 Å². The maximum Gasteiger partial charge on any atom is 0.243 e. The maximum atomic E-state index is 12.4. The Morgan fingerprint density at radius 3 is 2.56 bits per heavy atom. The number of rotatable bonds is 3. The molecule has 100 valence electrons. The monoisotopic (exact) mass is 289 g/mol. The van der Waals surface area contributed by atoms with Crippen LogP contribution in [0, 0.1) is 0 Å². The summed E-state index contributed by atoms with van der Waals surface area (Å²) in [5.41, 5.74) is 0.912. The van der Waals surface area contributed by atoms with E-state index < -0.39 is 10.0 Å². The van der Waals surface area contributed by atoms with Crippen molar-refractivity contribution in [1.82, 2.24) is 4.31 Å². The van der Waals surface area contributed by atoms with E-state index in [4.69, 9.17) is 16.3 Å². The van der Waals surface area contributed by atoms with Gasteiger partial charge in [-0.15, -0.1) is 11.6 Å². The van der Waals surface area contributed by atoms with Crippen LogP contribution in [0.3, 0.4) is 0 Å². The van der Waals surface area contributed by atoms with E-state index in [1.165, 1.54) is 4.31 Å². The molecule has 6 heteroatoms. The van der Waals surface area contributed by atoms with E-state index in [9.17, 15) is 8.42 Å². The van der Waals surface area contributed by atoms with Gasteiger partial charge >= 0.3 is 0 Å². The van der Waals surface area contributed by atoms with Gasteiger partial charge in [-0.2, -0.15) is 4.31 Å². The van der Waals surface area contributed by atoms with E-state index in [0.717, 1.165) is 12.0 Å². The van der Waals surface area contributed by atoms with Gasteiger partial charge in [-0.3, -0.25) is 0 Å². The Morgan fingerprint density at radius 2 is 1.89 bits per heavy atom. The van der Waals surface area contributed by atoms with Crippen molar-refractivity contribution in [3.05, 3.63) is 29.8 Å². The third kappa shape index (κ3) is 3.03. The second-order valence-corrected chi connectivity index (χ2v) is 6.35. The molecule has 0 saturated carbocycles. The lowest BCUT2D eigenvalue weighted by Crippen LogP contribution is -2.33. The van der Waals surface area contributed by atoms with Gasteiger partial charge in [-0.1, -0.05) is 12.1 Å². The number of sulfonamides is 1. The second kappa shape index (κ2) is 6.02. The van der Waals surface area contributed by atoms with E-state index in [0.29, 0.717) is 37.1 Å². The van der Waals surface area contributed by atoms with Gasteiger partial charge in [0.2, 0.25) is 10.0 Å². The first kappa shape index (κ1) is 13.8. The Hall–Kier alpha value is -0.620. The molecule has 18 heavy (non-hydrogen) atoms. The minimum atomic E-state index is -3.40. The molecule has 0 aliphatic carbocycles. The number of alkyl halides is 1. The lowest BCUT2D eigenvalue weighted by atomic mass is 10.2. The average Bonchev–Trinajstić information content (AvgIpc) is 2.68. The minimum Gasteiger partial charge on any atom is -0.380 e. The zero-order valence-corrected chi connectivity index (χ0v) is 11.6. The van der Waals surface area contributed by atoms with Crippen molar-refractivity contribution in [1.29, 1.82) is 0 Å². The van der Waals surface area contributed by atoms with Crippen molar-refractivity contribution >= 4 is 21.6 Å². The van der Waals surface area contributed by atoms with Gasteiger partial charge in [0.15, 0.2) is 0 Å². The highest BCUT2D eigenvalue weighted by Gasteiger charge is 2.24. The van der Waals surface area contributed by atoms with Crippen LogP contribution >= 0.6 is 11.6 Å². The Labute approximate surface area is 113 Å². The SMILES string of the molecule is O=S(=O)(c1ccc(CCl)cc1)N1CCCOCC1. The summed E-state index contributed by atoms with van der Waals surface area (Å²) in [6, 6.07) is 6.71. The van der Waals surface area contributed by atoms with Crippen LogP contribution in [0.5, 0.6) is 0 Å². The van der Waals surface area contributed by atoms with Gasteiger partial charge in [0.1, 0.15) is 0 Å². The van der Waals surface area contributed by atoms with Gasteiger partial charge < -0.3 is 4.74 Å². The fraction of sp³-hybridized carbons (Fsp3) is 0.500. The number of hydrogen-bond donors (Lipinski definition) is 0. The van der Waals surface area contributed by atoms with Crippen LogP contribution in [-0.4, -0.2) is 39.0 Å². The smallest absolute Gasteiger partial charge is 0.243 e. The summed E-state index contributed by atoms with van der Waals surface area (Å²) in [7, 11) is -3.40. The highest BCUT2D eigenvalue weighted by Crippen LogP contribution is 2.18. The average molecular weight is 290 g/mol. The molecule has 0 amide bonds. The molecule has 0 unspecified atom stereocenters. The molecule has 0 spiro atoms. The molecule has 0 radical (unpaired) electrons. The van der Waals surface area contributed by atoms with Gasteiger partial charge in [0, 0.05) is 25.6 Å². The van der Waals surface area contributed by atoms with Crippen molar-refractivity contribution in [3.8, 4) is 0 Å². The largest absolute Gasteiger partial charge is 0.380 e. The van der Waals surface area contributed by atoms with Crippen LogP contribution < -0.4 is 0 Å². The molecule has 0 bridgehead atoms. The molecular weight excluding hydrogens is 274 g/mol. The molecule has 0 atom stereocenters. The fourth-order valence-electron chi connectivity index (χ4n) is 1.86. The third-order valence-corrected chi connectivity index (χ3v) is 5.12. The molecule has 1 fully saturated rings. The molecule has 1 aromatic rings. The summed E-state index contributed by atoms with van der Waals surface area (Å²) in [4.78, 5) is 0.318. The molecule has 1 aliphatic heterocycles. The quantitative estimate of drug-likeness (QED) is 0.798. The predicted octanol–water partition coefficient (Wildman–Crippen LogP) is 1.84. The molecule has 1 aromatic carbocycles. The van der Waals surface area contributed by atoms with Crippen molar-refractivity contribution < 1.29 is 13.2 Å². The number of nitrogens with zero attached hydrogens (tertiary/aromatic N) is 1. The predicted molar refractivity (Wildman–Crippen MR) is 70.2 cm³/mol. The summed E-state index contributed by atoms with van der Waals surface area (Å²) in [6.45, 7) is 2.01. The van der Waals surface area contributed by atoms with E-state index >= 15 is 0 Å². The molecule has 0 N–H and O–H groups in total. The second-order valence-electron chi connectivity index (χ2n) is 4.15. The maximum absolute atomic E-state index is 12.4. The van der Waals surface area contributed by atoms with Crippen LogP contribution in [0.15, 0.2) is 29.2 Å². The summed E-state index contributed by atoms with van der Waals surface area (Å²) in [6.07, 6.45) is 0.735. The van der Waals surface area contributed by atoms with E-state index in [1.54, 1.807) is 24.3 Å². The molecule has 2 rings (SSSR count). The first-order valence-corrected chi connectivity index (χ1v) is 7.85. The topological polar surface area (TPSA) is 46.6 Å². The molecule has 1 heterocycles. The normalized spacial score (nSPS) is 18.5. The Balaban J connectivity index is 2.22. The van der Waals surface area contributed by atoms with Crippen LogP contribution in [-0.2, 0) is 20.6 Å². The van der Waals surface area contributed by atoms with Gasteiger partial charge in [0.25, 0.3) is 0 Å². The lowest BCUT2D eigenvalue weighted by molar-refractivity contribution is 0.148. The van der Waals surface area contributed by atoms with E-state index in [2.05, 4.69) is 0 Å². The first-order chi connectivity index (χ1) is 8.64. The first-order valence-electron chi connectivity index (χ1n) is 5.87. The van der Waals surface area contributed by atoms with Crippen molar-refractivity contribution in [2.75, 3.05) is 26.3 Å². The molecule has 0 aromatic heterocycles. The molecule has 1 aliphatic rings. The van der Waals surface area contributed by atoms with Gasteiger partial charge in [-0.25, -0.2) is 8.42 Å². The lowest BCUT2D eigenvalue weighted by Gasteiger charge is -2.19. The van der Waals surface area contributed by atoms with E-state index in [-0.39, 0.29) is 0 Å². The number of ether oxygens (including phenoxy) is 1. The highest BCUT2D eigenvalue weighted by molar-refractivity contribution is 7.89. The standard InChI is InChI=1S/C12H16ClNO3S/c13-10-11-2-4-12(5-3-11)18(15,16)14-6-1-8-17-9-7-14/h2-5H,1,6-10H2. The minimum absolute atomic E-state index is 0.318. The summed E-state index contributed by atoms with van der Waals surface area (Å²) >= 11 is 5.69. The molecule has 1 saturated heterocycles. The number of halogens is 1. The van der Waals surface area contributed by atoms with Crippen molar-refractivity contribution in [2.45, 2.75) is 17.2 Å². The van der Waals surface area contributed by atoms with E-state index in [1.807, 2.05) is 0 Å². The van der Waals surface area contributed by atoms with Gasteiger partial charge in [0.05, 0.1) is 11.5 Å². The molecule has 4 nitrogen and oxygen atoms in total. The summed E-state index contributed by atoms with van der Waals surface area (Å²) in [5.74, 6) is 0.387. The van der Waals surface area contributed by atoms with Crippen LogP contribution in [0.25, 0.3) is 0 Å². The zero-order valence-electron chi connectivity index (χ0n) is 10.0. The third-order valence-electron chi connectivity index (χ3n) is 2.90. The van der Waals surface area contributed by atoms with Crippen molar-refractivity contribution in [3.63, 3.8) is 0 Å². The number of benzene rings is 1. The van der Waals surface area contributed by atoms with Crippen LogP contribution in [0.4, 0.5) is 0 Å². The van der Waals surface area contributed by atoms with Crippen LogP contribution in [0.2, 0.25) is 0 Å². The van der Waals surface area contributed by atoms with Crippen LogP contribution in [0.1, 0.15) is 12.0 Å². The Morgan fingerprint density at radius 1 is 1.17 bits per heavy atom. The Bertz CT molecular complexity index is 479. The summed E-state index contributed by atoms with van der Waals surface area (Å²) < 4.78 is 31.5. The number of hydrogen-bond acceptors (Lipinski definition) is 3. The Kier molecular flexibility index (Phi) is 4.61.